The van der Waals surface area contributed by atoms with Gasteiger partial charge in [-0.25, -0.2) is 0 Å². The average molecular weight is 290 g/mol. The summed E-state index contributed by atoms with van der Waals surface area (Å²) < 4.78 is 0. The maximum absolute atomic E-state index is 9.91. The second kappa shape index (κ2) is 8.46. The van der Waals surface area contributed by atoms with Crippen LogP contribution in [0.15, 0.2) is 12.1 Å². The molecule has 0 bridgehead atoms. The molecule has 1 aromatic rings. The van der Waals surface area contributed by atoms with E-state index in [1.807, 2.05) is 13.8 Å². The predicted octanol–water partition coefficient (Wildman–Crippen LogP) is 6.43. The molecule has 0 fully saturated rings. The summed E-state index contributed by atoms with van der Waals surface area (Å²) in [6, 6.07) is 4.31. The number of unbranched alkanes of at least 4 members (excludes halogenated alkanes) is 6. The van der Waals surface area contributed by atoms with Gasteiger partial charge in [-0.05, 0) is 42.4 Å². The molecule has 0 saturated carbocycles. The van der Waals surface area contributed by atoms with Crippen molar-refractivity contribution in [1.29, 1.82) is 0 Å². The minimum Gasteiger partial charge on any atom is -0.507 e. The number of phenolic OH excluding ortho intramolecular Hbond substituents is 1. The van der Waals surface area contributed by atoms with E-state index in [1.54, 1.807) is 0 Å². The van der Waals surface area contributed by atoms with E-state index in [9.17, 15) is 5.11 Å². The van der Waals surface area contributed by atoms with Crippen molar-refractivity contribution >= 4 is 0 Å². The molecule has 1 nitrogen and oxygen atoms in total. The van der Waals surface area contributed by atoms with Gasteiger partial charge in [0.1, 0.15) is 5.75 Å². The van der Waals surface area contributed by atoms with Gasteiger partial charge >= 0.3 is 0 Å². The van der Waals surface area contributed by atoms with Gasteiger partial charge in [-0.3, -0.25) is 0 Å². The van der Waals surface area contributed by atoms with Gasteiger partial charge in [0.25, 0.3) is 0 Å². The average Bonchev–Trinajstić information content (AvgIpc) is 2.43. The van der Waals surface area contributed by atoms with Crippen molar-refractivity contribution in [3.05, 3.63) is 28.8 Å². The third-order valence-electron chi connectivity index (χ3n) is 4.68. The molecule has 0 atom stereocenters. The largest absolute Gasteiger partial charge is 0.507 e. The summed E-state index contributed by atoms with van der Waals surface area (Å²) >= 11 is 0. The molecule has 1 rings (SSSR count). The normalized spacial score (nSPS) is 11.9. The smallest absolute Gasteiger partial charge is 0.121 e. The molecule has 0 heterocycles. The van der Waals surface area contributed by atoms with Crippen molar-refractivity contribution < 1.29 is 5.11 Å². The van der Waals surface area contributed by atoms with E-state index in [-0.39, 0.29) is 5.41 Å². The van der Waals surface area contributed by atoms with Crippen molar-refractivity contribution in [2.75, 3.05) is 0 Å². The summed E-state index contributed by atoms with van der Waals surface area (Å²) in [5.74, 6) is 0.450. The zero-order valence-corrected chi connectivity index (χ0v) is 14.8. The van der Waals surface area contributed by atoms with Crippen LogP contribution in [-0.4, -0.2) is 5.11 Å². The summed E-state index contributed by atoms with van der Waals surface area (Å²) in [4.78, 5) is 0. The van der Waals surface area contributed by atoms with Gasteiger partial charge < -0.3 is 5.11 Å². The number of hydrogen-bond donors (Lipinski definition) is 1. The number of rotatable bonds is 9. The molecule has 0 aromatic heterocycles. The molecule has 1 heteroatoms. The van der Waals surface area contributed by atoms with Crippen molar-refractivity contribution in [3.63, 3.8) is 0 Å². The van der Waals surface area contributed by atoms with Crippen LogP contribution in [0.2, 0.25) is 0 Å². The SMILES string of the molecule is CCCCCCCCCC(C)(C)c1cc(C)c(O)c(C)c1. The van der Waals surface area contributed by atoms with Gasteiger partial charge in [0, 0.05) is 0 Å². The molecule has 1 aromatic carbocycles. The maximum atomic E-state index is 9.91. The number of hydrogen-bond acceptors (Lipinski definition) is 1. The Labute approximate surface area is 131 Å². The van der Waals surface area contributed by atoms with E-state index in [2.05, 4.69) is 32.9 Å². The molecular formula is C20H34O. The van der Waals surface area contributed by atoms with Crippen LogP contribution in [0.3, 0.4) is 0 Å². The van der Waals surface area contributed by atoms with E-state index < -0.39 is 0 Å². The molecule has 120 valence electrons. The monoisotopic (exact) mass is 290 g/mol. The first kappa shape index (κ1) is 18.1. The molecular weight excluding hydrogens is 256 g/mol. The molecule has 0 amide bonds. The van der Waals surface area contributed by atoms with Crippen LogP contribution in [0.25, 0.3) is 0 Å². The highest BCUT2D eigenvalue weighted by atomic mass is 16.3. The Balaban J connectivity index is 2.46. The van der Waals surface area contributed by atoms with Gasteiger partial charge in [-0.15, -0.1) is 0 Å². The molecule has 0 saturated heterocycles. The summed E-state index contributed by atoms with van der Waals surface area (Å²) in [5, 5.41) is 9.91. The third-order valence-corrected chi connectivity index (χ3v) is 4.68. The Kier molecular flexibility index (Phi) is 7.28. The van der Waals surface area contributed by atoms with E-state index >= 15 is 0 Å². The maximum Gasteiger partial charge on any atom is 0.121 e. The summed E-state index contributed by atoms with van der Waals surface area (Å²) in [6.45, 7) is 10.9. The van der Waals surface area contributed by atoms with Crippen LogP contribution in [0.1, 0.15) is 88.8 Å². The Morgan fingerprint density at radius 2 is 1.33 bits per heavy atom. The van der Waals surface area contributed by atoms with Gasteiger partial charge in [-0.1, -0.05) is 77.8 Å². The van der Waals surface area contributed by atoms with Crippen LogP contribution >= 0.6 is 0 Å². The highest BCUT2D eigenvalue weighted by Gasteiger charge is 2.21. The van der Waals surface area contributed by atoms with Crippen molar-refractivity contribution in [2.45, 2.75) is 91.4 Å². The van der Waals surface area contributed by atoms with Gasteiger partial charge in [0.2, 0.25) is 0 Å². The fourth-order valence-corrected chi connectivity index (χ4v) is 3.02. The van der Waals surface area contributed by atoms with E-state index in [0.717, 1.165) is 11.1 Å². The van der Waals surface area contributed by atoms with Crippen LogP contribution in [0, 0.1) is 13.8 Å². The molecule has 0 unspecified atom stereocenters. The highest BCUT2D eigenvalue weighted by Crippen LogP contribution is 2.34. The molecule has 0 aliphatic heterocycles. The fourth-order valence-electron chi connectivity index (χ4n) is 3.02. The van der Waals surface area contributed by atoms with E-state index in [0.29, 0.717) is 5.75 Å². The molecule has 0 spiro atoms. The van der Waals surface area contributed by atoms with E-state index in [1.165, 1.54) is 56.9 Å². The van der Waals surface area contributed by atoms with Gasteiger partial charge in [0.05, 0.1) is 0 Å². The number of aromatic hydroxyl groups is 1. The first-order chi connectivity index (χ1) is 9.88. The van der Waals surface area contributed by atoms with Crippen LogP contribution in [-0.2, 0) is 5.41 Å². The number of phenols is 1. The fraction of sp³-hybridized carbons (Fsp3) is 0.700. The predicted molar refractivity (Wildman–Crippen MR) is 93.2 cm³/mol. The summed E-state index contributed by atoms with van der Waals surface area (Å²) in [7, 11) is 0. The zero-order chi connectivity index (χ0) is 15.9. The Morgan fingerprint density at radius 1 is 0.857 bits per heavy atom. The van der Waals surface area contributed by atoms with Crippen molar-refractivity contribution in [1.82, 2.24) is 0 Å². The topological polar surface area (TPSA) is 20.2 Å². The van der Waals surface area contributed by atoms with Gasteiger partial charge in [0.15, 0.2) is 0 Å². The standard InChI is InChI=1S/C20H34O/c1-6-7-8-9-10-11-12-13-20(4,5)18-14-16(2)19(21)17(3)15-18/h14-15,21H,6-13H2,1-5H3. The highest BCUT2D eigenvalue weighted by molar-refractivity contribution is 5.44. The lowest BCUT2D eigenvalue weighted by Crippen LogP contribution is -2.17. The molecule has 0 aliphatic carbocycles. The zero-order valence-electron chi connectivity index (χ0n) is 14.8. The Hall–Kier alpha value is -0.980. The lowest BCUT2D eigenvalue weighted by molar-refractivity contribution is 0.437. The quantitative estimate of drug-likeness (QED) is 0.520. The summed E-state index contributed by atoms with van der Waals surface area (Å²) in [5.41, 5.74) is 3.56. The molecule has 21 heavy (non-hydrogen) atoms. The Bertz CT molecular complexity index is 408. The minimum atomic E-state index is 0.201. The number of benzene rings is 1. The third kappa shape index (κ3) is 5.73. The lowest BCUT2D eigenvalue weighted by atomic mass is 9.78. The van der Waals surface area contributed by atoms with Crippen molar-refractivity contribution in [2.24, 2.45) is 0 Å². The second-order valence-electron chi connectivity index (χ2n) is 7.21. The first-order valence-corrected chi connectivity index (χ1v) is 8.69. The van der Waals surface area contributed by atoms with Gasteiger partial charge in [-0.2, -0.15) is 0 Å². The summed E-state index contributed by atoms with van der Waals surface area (Å²) in [6.07, 6.45) is 10.8. The Morgan fingerprint density at radius 3 is 1.86 bits per heavy atom. The number of aryl methyl sites for hydroxylation is 2. The first-order valence-electron chi connectivity index (χ1n) is 8.69. The molecule has 0 radical (unpaired) electrons. The molecule has 0 aliphatic rings. The van der Waals surface area contributed by atoms with Crippen LogP contribution in [0.5, 0.6) is 5.75 Å². The van der Waals surface area contributed by atoms with Crippen LogP contribution in [0.4, 0.5) is 0 Å². The molecule has 1 N–H and O–H groups in total. The minimum absolute atomic E-state index is 0.201. The van der Waals surface area contributed by atoms with Crippen molar-refractivity contribution in [3.8, 4) is 5.75 Å². The van der Waals surface area contributed by atoms with Crippen LogP contribution < -0.4 is 0 Å². The lowest BCUT2D eigenvalue weighted by Gasteiger charge is -2.26. The van der Waals surface area contributed by atoms with E-state index in [4.69, 9.17) is 0 Å². The second-order valence-corrected chi connectivity index (χ2v) is 7.21.